The van der Waals surface area contributed by atoms with E-state index in [-0.39, 0.29) is 18.7 Å². The topological polar surface area (TPSA) is 114 Å². The lowest BCUT2D eigenvalue weighted by Gasteiger charge is -2.54. The summed E-state index contributed by atoms with van der Waals surface area (Å²) in [4.78, 5) is 40.3. The predicted octanol–water partition coefficient (Wildman–Crippen LogP) is 3.08. The molecule has 36 heavy (non-hydrogen) atoms. The van der Waals surface area contributed by atoms with E-state index in [1.165, 1.54) is 4.90 Å². The normalized spacial score (nSPS) is 28.4. The van der Waals surface area contributed by atoms with Crippen LogP contribution in [0.5, 0.6) is 0 Å². The monoisotopic (exact) mass is 521 g/mol. The molecule has 0 unspecified atom stereocenters. The van der Waals surface area contributed by atoms with E-state index in [1.54, 1.807) is 31.2 Å². The van der Waals surface area contributed by atoms with E-state index in [1.807, 2.05) is 6.07 Å². The standard InChI is InChI=1S/C25H30ClF2N5O3/c1-14(31-17-6-2-5-16(26)11-17)24(36)33-19-7-8-20(25(27,28)12-19)21(33)23(35)32-18(13-29)10-15-4-3-9-30-22(15)34/h2,5-6,11,14-15,18-21,31H,3-4,7-10,12H2,1H3,(H,30,34)(H,32,35)/t14-,15-,18+,19+,20+,21-/m1/s1. The number of hydrogen-bond donors (Lipinski definition) is 3. The third-order valence-corrected chi connectivity index (χ3v) is 7.66. The molecule has 0 radical (unpaired) electrons. The Morgan fingerprint density at radius 3 is 2.78 bits per heavy atom. The Balaban J connectivity index is 1.52. The Labute approximate surface area is 213 Å². The van der Waals surface area contributed by atoms with Gasteiger partial charge in [-0.25, -0.2) is 8.78 Å². The molecule has 1 aromatic carbocycles. The number of hydrogen-bond acceptors (Lipinski definition) is 5. The summed E-state index contributed by atoms with van der Waals surface area (Å²) in [6, 6.07) is 4.74. The first-order valence-corrected chi connectivity index (χ1v) is 12.7. The van der Waals surface area contributed by atoms with Gasteiger partial charge in [0.15, 0.2) is 0 Å². The minimum absolute atomic E-state index is 0.0892. The fourth-order valence-electron chi connectivity index (χ4n) is 5.68. The van der Waals surface area contributed by atoms with Crippen molar-refractivity contribution in [3.8, 4) is 6.07 Å². The van der Waals surface area contributed by atoms with E-state index in [0.717, 1.165) is 6.42 Å². The van der Waals surface area contributed by atoms with Crippen LogP contribution in [0, 0.1) is 23.2 Å². The quantitative estimate of drug-likeness (QED) is 0.510. The van der Waals surface area contributed by atoms with Crippen LogP contribution >= 0.6 is 11.6 Å². The number of carbonyl (C=O) groups excluding carboxylic acids is 3. The van der Waals surface area contributed by atoms with Crippen molar-refractivity contribution in [1.29, 1.82) is 5.26 Å². The molecule has 8 nitrogen and oxygen atoms in total. The maximum Gasteiger partial charge on any atom is 0.255 e. The number of alkyl halides is 2. The molecule has 1 saturated carbocycles. The Bertz CT molecular complexity index is 1060. The summed E-state index contributed by atoms with van der Waals surface area (Å²) in [5.74, 6) is -6.32. The van der Waals surface area contributed by atoms with Crippen molar-refractivity contribution in [3.63, 3.8) is 0 Å². The van der Waals surface area contributed by atoms with Gasteiger partial charge in [-0.2, -0.15) is 5.26 Å². The lowest BCUT2D eigenvalue weighted by molar-refractivity contribution is -0.194. The molecular formula is C25H30ClF2N5O3. The second kappa shape index (κ2) is 10.6. The zero-order chi connectivity index (χ0) is 26.0. The van der Waals surface area contributed by atoms with Crippen LogP contribution in [0.25, 0.3) is 0 Å². The first kappa shape index (κ1) is 26.1. The number of nitrogens with zero attached hydrogens (tertiary/aromatic N) is 2. The van der Waals surface area contributed by atoms with Crippen molar-refractivity contribution < 1.29 is 23.2 Å². The largest absolute Gasteiger partial charge is 0.374 e. The van der Waals surface area contributed by atoms with E-state index in [4.69, 9.17) is 11.6 Å². The number of rotatable bonds is 7. The predicted molar refractivity (Wildman–Crippen MR) is 129 cm³/mol. The summed E-state index contributed by atoms with van der Waals surface area (Å²) >= 11 is 6.02. The second-order valence-electron chi connectivity index (χ2n) is 9.93. The van der Waals surface area contributed by atoms with E-state index in [9.17, 15) is 28.4 Å². The minimum Gasteiger partial charge on any atom is -0.374 e. The molecule has 0 aromatic heterocycles. The van der Waals surface area contributed by atoms with Crippen molar-refractivity contribution in [2.45, 2.75) is 75.5 Å². The van der Waals surface area contributed by atoms with Crippen LogP contribution in [-0.2, 0) is 14.4 Å². The molecule has 5 rings (SSSR count). The van der Waals surface area contributed by atoms with Crippen LogP contribution in [0.15, 0.2) is 24.3 Å². The van der Waals surface area contributed by atoms with Gasteiger partial charge in [-0.1, -0.05) is 17.7 Å². The molecule has 3 aliphatic heterocycles. The van der Waals surface area contributed by atoms with E-state index in [2.05, 4.69) is 16.0 Å². The lowest BCUT2D eigenvalue weighted by Crippen LogP contribution is -2.70. The first-order valence-electron chi connectivity index (χ1n) is 12.3. The maximum absolute atomic E-state index is 14.9. The highest BCUT2D eigenvalue weighted by atomic mass is 35.5. The van der Waals surface area contributed by atoms with Gasteiger partial charge in [-0.05, 0) is 57.2 Å². The third-order valence-electron chi connectivity index (χ3n) is 7.43. The highest BCUT2D eigenvalue weighted by molar-refractivity contribution is 6.30. The molecule has 1 aliphatic carbocycles. The Morgan fingerprint density at radius 2 is 2.11 bits per heavy atom. The Hall–Kier alpha value is -2.93. The van der Waals surface area contributed by atoms with Crippen LogP contribution in [0.2, 0.25) is 5.02 Å². The van der Waals surface area contributed by atoms with E-state index >= 15 is 0 Å². The van der Waals surface area contributed by atoms with Gasteiger partial charge in [-0.3, -0.25) is 14.4 Å². The molecule has 1 aromatic rings. The fraction of sp³-hybridized carbons (Fsp3) is 0.600. The van der Waals surface area contributed by atoms with Crippen LogP contribution in [-0.4, -0.2) is 59.3 Å². The van der Waals surface area contributed by atoms with Crippen molar-refractivity contribution >= 4 is 35.0 Å². The molecule has 4 aliphatic rings. The van der Waals surface area contributed by atoms with Crippen LogP contribution in [0.1, 0.15) is 45.4 Å². The van der Waals surface area contributed by atoms with Gasteiger partial charge in [0, 0.05) is 35.6 Å². The lowest BCUT2D eigenvalue weighted by atomic mass is 9.71. The second-order valence-corrected chi connectivity index (χ2v) is 10.4. The Morgan fingerprint density at radius 1 is 1.33 bits per heavy atom. The van der Waals surface area contributed by atoms with Crippen LogP contribution in [0.4, 0.5) is 14.5 Å². The SMILES string of the molecule is C[C@@H](Nc1cccc(Cl)c1)C(=O)N1[C@H]2CC[C@@H]([C@@H]1C(=O)N[C@H](C#N)C[C@H]1CCCNC1=O)C(F)(F)C2. The van der Waals surface area contributed by atoms with Gasteiger partial charge in [-0.15, -0.1) is 0 Å². The fourth-order valence-corrected chi connectivity index (χ4v) is 5.87. The molecule has 6 atom stereocenters. The summed E-state index contributed by atoms with van der Waals surface area (Å²) in [6.45, 7) is 2.18. The number of nitrogens with one attached hydrogen (secondary N) is 3. The molecule has 2 bridgehead atoms. The molecule has 3 amide bonds. The molecule has 3 N–H and O–H groups in total. The smallest absolute Gasteiger partial charge is 0.255 e. The summed E-state index contributed by atoms with van der Waals surface area (Å²) in [5.41, 5.74) is 0.590. The van der Waals surface area contributed by atoms with Crippen molar-refractivity contribution in [2.24, 2.45) is 11.8 Å². The summed E-state index contributed by atoms with van der Waals surface area (Å²) in [6.07, 6.45) is 1.43. The molecule has 0 spiro atoms. The number of halogens is 3. The van der Waals surface area contributed by atoms with Crippen LogP contribution < -0.4 is 16.0 Å². The average molecular weight is 522 g/mol. The summed E-state index contributed by atoms with van der Waals surface area (Å²) in [7, 11) is 0. The first-order chi connectivity index (χ1) is 17.1. The number of fused-ring (bicyclic) bond motifs is 3. The maximum atomic E-state index is 14.9. The van der Waals surface area contributed by atoms with Gasteiger partial charge in [0.1, 0.15) is 18.1 Å². The van der Waals surface area contributed by atoms with Gasteiger partial charge in [0.05, 0.1) is 12.0 Å². The number of nitriles is 1. The average Bonchev–Trinajstić information content (AvgIpc) is 2.83. The number of piperidine rings is 3. The van der Waals surface area contributed by atoms with Gasteiger partial charge in [0.25, 0.3) is 5.92 Å². The molecule has 4 fully saturated rings. The van der Waals surface area contributed by atoms with Gasteiger partial charge in [0.2, 0.25) is 17.7 Å². The molecule has 194 valence electrons. The summed E-state index contributed by atoms with van der Waals surface area (Å²) < 4.78 is 29.8. The number of amides is 3. The highest BCUT2D eigenvalue weighted by Crippen LogP contribution is 2.49. The Kier molecular flexibility index (Phi) is 7.69. The molecule has 3 heterocycles. The molecule has 11 heteroatoms. The third kappa shape index (κ3) is 5.41. The van der Waals surface area contributed by atoms with Crippen molar-refractivity contribution in [3.05, 3.63) is 29.3 Å². The van der Waals surface area contributed by atoms with Crippen molar-refractivity contribution in [1.82, 2.24) is 15.5 Å². The van der Waals surface area contributed by atoms with E-state index < -0.39 is 60.2 Å². The van der Waals surface area contributed by atoms with Crippen molar-refractivity contribution in [2.75, 3.05) is 11.9 Å². The van der Waals surface area contributed by atoms with E-state index in [0.29, 0.717) is 30.1 Å². The van der Waals surface area contributed by atoms with Gasteiger partial charge < -0.3 is 20.9 Å². The summed E-state index contributed by atoms with van der Waals surface area (Å²) in [5, 5.41) is 18.4. The zero-order valence-electron chi connectivity index (χ0n) is 20.0. The minimum atomic E-state index is -3.10. The molecular weight excluding hydrogens is 492 g/mol. The zero-order valence-corrected chi connectivity index (χ0v) is 20.7. The van der Waals surface area contributed by atoms with Crippen LogP contribution in [0.3, 0.4) is 0 Å². The van der Waals surface area contributed by atoms with Gasteiger partial charge >= 0.3 is 0 Å². The highest BCUT2D eigenvalue weighted by Gasteiger charge is 2.60. The molecule has 3 saturated heterocycles. The number of carbonyl (C=O) groups is 3. The number of benzene rings is 1. The number of anilines is 1.